The number of anilines is 1. The number of benzene rings is 1. The van der Waals surface area contributed by atoms with E-state index in [-0.39, 0.29) is 12.0 Å². The lowest BCUT2D eigenvalue weighted by Crippen LogP contribution is -2.46. The maximum atomic E-state index is 12.8. The standard InChI is InChI=1S/C20H26N2O2S/c1-5-7-8-11-22-16-12-15(19-13(3)25-14(4)21-19)9-10-18(16)24-17(6-2)20(22)23/h9-10,12,17H,5-8,11H2,1-4H3. The number of thiazole rings is 1. The molecule has 0 fully saturated rings. The molecule has 1 amide bonds. The Labute approximate surface area is 153 Å². The van der Waals surface area contributed by atoms with Crippen molar-refractivity contribution in [2.45, 2.75) is 59.5 Å². The quantitative estimate of drug-likeness (QED) is 0.673. The number of fused-ring (bicyclic) bond motifs is 1. The maximum Gasteiger partial charge on any atom is 0.268 e. The summed E-state index contributed by atoms with van der Waals surface area (Å²) < 4.78 is 5.95. The molecular formula is C20H26N2O2S. The zero-order valence-electron chi connectivity index (χ0n) is 15.5. The van der Waals surface area contributed by atoms with Gasteiger partial charge in [0, 0.05) is 17.0 Å². The first-order valence-electron chi connectivity index (χ1n) is 9.11. The SMILES string of the molecule is CCCCCN1C(=O)C(CC)Oc2ccc(-c3nc(C)sc3C)cc21. The van der Waals surface area contributed by atoms with E-state index in [4.69, 9.17) is 4.74 Å². The van der Waals surface area contributed by atoms with Crippen LogP contribution in [0, 0.1) is 13.8 Å². The molecule has 1 aliphatic rings. The van der Waals surface area contributed by atoms with Crippen LogP contribution in [0.5, 0.6) is 5.75 Å². The van der Waals surface area contributed by atoms with Crippen molar-refractivity contribution in [2.75, 3.05) is 11.4 Å². The number of hydrogen-bond donors (Lipinski definition) is 0. The Morgan fingerprint density at radius 1 is 1.24 bits per heavy atom. The number of amides is 1. The second-order valence-corrected chi connectivity index (χ2v) is 7.94. The summed E-state index contributed by atoms with van der Waals surface area (Å²) in [5.74, 6) is 0.880. The molecule has 1 aromatic carbocycles. The summed E-state index contributed by atoms with van der Waals surface area (Å²) in [6, 6.07) is 6.10. The molecule has 134 valence electrons. The number of ether oxygens (including phenoxy) is 1. The summed E-state index contributed by atoms with van der Waals surface area (Å²) in [6.07, 6.45) is 3.59. The van der Waals surface area contributed by atoms with Gasteiger partial charge in [-0.3, -0.25) is 4.79 Å². The van der Waals surface area contributed by atoms with Crippen LogP contribution < -0.4 is 9.64 Å². The van der Waals surface area contributed by atoms with E-state index in [1.165, 1.54) is 4.88 Å². The van der Waals surface area contributed by atoms with Gasteiger partial charge in [0.15, 0.2) is 6.10 Å². The number of carbonyl (C=O) groups is 1. The van der Waals surface area contributed by atoms with Gasteiger partial charge in [0.25, 0.3) is 5.91 Å². The number of aromatic nitrogens is 1. The van der Waals surface area contributed by atoms with E-state index in [1.54, 1.807) is 11.3 Å². The Morgan fingerprint density at radius 3 is 2.68 bits per heavy atom. The normalized spacial score (nSPS) is 16.7. The second kappa shape index (κ2) is 7.56. The van der Waals surface area contributed by atoms with E-state index < -0.39 is 0 Å². The molecule has 1 atom stereocenters. The first kappa shape index (κ1) is 17.9. The molecule has 0 saturated heterocycles. The lowest BCUT2D eigenvalue weighted by Gasteiger charge is -2.34. The van der Waals surface area contributed by atoms with Crippen LogP contribution >= 0.6 is 11.3 Å². The molecule has 3 rings (SSSR count). The molecule has 2 aromatic rings. The highest BCUT2D eigenvalue weighted by atomic mass is 32.1. The van der Waals surface area contributed by atoms with Gasteiger partial charge in [-0.1, -0.05) is 26.7 Å². The summed E-state index contributed by atoms with van der Waals surface area (Å²) in [5, 5.41) is 1.06. The summed E-state index contributed by atoms with van der Waals surface area (Å²) in [6.45, 7) is 9.03. The van der Waals surface area contributed by atoms with E-state index in [2.05, 4.69) is 24.9 Å². The minimum atomic E-state index is -0.372. The van der Waals surface area contributed by atoms with E-state index in [0.29, 0.717) is 6.42 Å². The smallest absolute Gasteiger partial charge is 0.268 e. The van der Waals surface area contributed by atoms with Crippen molar-refractivity contribution in [3.05, 3.63) is 28.1 Å². The van der Waals surface area contributed by atoms with Crippen LogP contribution in [0.4, 0.5) is 5.69 Å². The third kappa shape index (κ3) is 3.56. The van der Waals surface area contributed by atoms with Gasteiger partial charge in [-0.2, -0.15) is 0 Å². The maximum absolute atomic E-state index is 12.8. The predicted octanol–water partition coefficient (Wildman–Crippen LogP) is 5.12. The second-order valence-electron chi connectivity index (χ2n) is 6.53. The Hall–Kier alpha value is -1.88. The Balaban J connectivity index is 1.99. The Kier molecular flexibility index (Phi) is 5.42. The molecule has 1 unspecified atom stereocenters. The van der Waals surface area contributed by atoms with Crippen LogP contribution in [0.15, 0.2) is 18.2 Å². The minimum Gasteiger partial charge on any atom is -0.478 e. The highest BCUT2D eigenvalue weighted by molar-refractivity contribution is 7.11. The molecule has 5 heteroatoms. The fourth-order valence-electron chi connectivity index (χ4n) is 3.28. The highest BCUT2D eigenvalue weighted by Crippen LogP contribution is 2.39. The summed E-state index contributed by atoms with van der Waals surface area (Å²) in [4.78, 5) is 20.6. The number of rotatable bonds is 6. The monoisotopic (exact) mass is 358 g/mol. The van der Waals surface area contributed by atoms with Gasteiger partial charge in [0.05, 0.1) is 16.4 Å². The first-order valence-corrected chi connectivity index (χ1v) is 9.93. The largest absolute Gasteiger partial charge is 0.478 e. The van der Waals surface area contributed by atoms with E-state index in [1.807, 2.05) is 30.9 Å². The van der Waals surface area contributed by atoms with Gasteiger partial charge in [-0.25, -0.2) is 4.98 Å². The number of aryl methyl sites for hydroxylation is 2. The van der Waals surface area contributed by atoms with Crippen LogP contribution in [0.25, 0.3) is 11.3 Å². The number of carbonyl (C=O) groups excluding carboxylic acids is 1. The van der Waals surface area contributed by atoms with Gasteiger partial charge in [0.2, 0.25) is 0 Å². The molecule has 1 aliphatic heterocycles. The number of hydrogen-bond acceptors (Lipinski definition) is 4. The fourth-order valence-corrected chi connectivity index (χ4v) is 4.12. The molecule has 25 heavy (non-hydrogen) atoms. The third-order valence-electron chi connectivity index (χ3n) is 4.59. The zero-order valence-corrected chi connectivity index (χ0v) is 16.3. The van der Waals surface area contributed by atoms with Crippen molar-refractivity contribution in [3.63, 3.8) is 0 Å². The van der Waals surface area contributed by atoms with Gasteiger partial charge in [0.1, 0.15) is 5.75 Å². The lowest BCUT2D eigenvalue weighted by atomic mass is 10.1. The van der Waals surface area contributed by atoms with Crippen molar-refractivity contribution in [1.29, 1.82) is 0 Å². The van der Waals surface area contributed by atoms with Crippen molar-refractivity contribution in [1.82, 2.24) is 4.98 Å². The molecule has 4 nitrogen and oxygen atoms in total. The van der Waals surface area contributed by atoms with Crippen LogP contribution in [-0.4, -0.2) is 23.5 Å². The zero-order chi connectivity index (χ0) is 18.0. The van der Waals surface area contributed by atoms with Crippen molar-refractivity contribution in [3.8, 4) is 17.0 Å². The Morgan fingerprint density at radius 2 is 2.04 bits per heavy atom. The van der Waals surface area contributed by atoms with Crippen molar-refractivity contribution < 1.29 is 9.53 Å². The molecule has 0 bridgehead atoms. The van der Waals surface area contributed by atoms with Crippen molar-refractivity contribution >= 4 is 22.9 Å². The first-order chi connectivity index (χ1) is 12.0. The molecule has 0 spiro atoms. The molecule has 0 saturated carbocycles. The molecule has 0 radical (unpaired) electrons. The van der Waals surface area contributed by atoms with E-state index in [0.717, 1.165) is 53.5 Å². The molecule has 2 heterocycles. The predicted molar refractivity (Wildman–Crippen MR) is 104 cm³/mol. The van der Waals surface area contributed by atoms with Gasteiger partial charge < -0.3 is 9.64 Å². The molecular weight excluding hydrogens is 332 g/mol. The van der Waals surface area contributed by atoms with E-state index >= 15 is 0 Å². The van der Waals surface area contributed by atoms with E-state index in [9.17, 15) is 4.79 Å². The number of nitrogens with zero attached hydrogens (tertiary/aromatic N) is 2. The third-order valence-corrected chi connectivity index (χ3v) is 5.48. The number of unbranched alkanes of at least 4 members (excludes halogenated alkanes) is 2. The van der Waals surface area contributed by atoms with Crippen LogP contribution in [0.3, 0.4) is 0 Å². The van der Waals surface area contributed by atoms with Crippen LogP contribution in [-0.2, 0) is 4.79 Å². The fraction of sp³-hybridized carbons (Fsp3) is 0.500. The summed E-state index contributed by atoms with van der Waals surface area (Å²) in [5.41, 5.74) is 2.93. The van der Waals surface area contributed by atoms with Crippen LogP contribution in [0.1, 0.15) is 49.4 Å². The highest BCUT2D eigenvalue weighted by Gasteiger charge is 2.33. The summed E-state index contributed by atoms with van der Waals surface area (Å²) in [7, 11) is 0. The van der Waals surface area contributed by atoms with Gasteiger partial charge in [-0.15, -0.1) is 11.3 Å². The molecule has 0 aliphatic carbocycles. The van der Waals surface area contributed by atoms with Gasteiger partial charge >= 0.3 is 0 Å². The topological polar surface area (TPSA) is 42.4 Å². The summed E-state index contributed by atoms with van der Waals surface area (Å²) >= 11 is 1.70. The lowest BCUT2D eigenvalue weighted by molar-refractivity contribution is -0.126. The average Bonchev–Trinajstić information content (AvgIpc) is 2.94. The molecule has 1 aromatic heterocycles. The van der Waals surface area contributed by atoms with Crippen molar-refractivity contribution in [2.24, 2.45) is 0 Å². The Bertz CT molecular complexity index is 769. The van der Waals surface area contributed by atoms with Gasteiger partial charge in [-0.05, 0) is 44.9 Å². The average molecular weight is 359 g/mol. The minimum absolute atomic E-state index is 0.0782. The molecule has 0 N–H and O–H groups in total. The van der Waals surface area contributed by atoms with Crippen LogP contribution in [0.2, 0.25) is 0 Å².